The molecule has 0 spiro atoms. The molecule has 5 nitrogen and oxygen atoms in total. The standard InChI is InChI=1S/C9H10O2.C5H10O3.2C3H6/c1-8(10)11-7-9-5-3-2-4-6-9;1-5(6)8-4-3-7-2;2*1-3-2/h2-6H,7H2,1H3;3-4H2,1-2H3;2*3H,1H2,2H3. The van der Waals surface area contributed by atoms with Crippen molar-refractivity contribution in [3.05, 3.63) is 61.2 Å². The van der Waals surface area contributed by atoms with Gasteiger partial charge in [-0.3, -0.25) is 9.59 Å². The zero-order valence-corrected chi connectivity index (χ0v) is 16.1. The van der Waals surface area contributed by atoms with Crippen LogP contribution in [0.4, 0.5) is 0 Å². The quantitative estimate of drug-likeness (QED) is 0.448. The van der Waals surface area contributed by atoms with E-state index in [9.17, 15) is 9.59 Å². The third-order valence-electron chi connectivity index (χ3n) is 1.88. The molecule has 0 unspecified atom stereocenters. The Hall–Kier alpha value is -2.40. The van der Waals surface area contributed by atoms with Crippen LogP contribution in [-0.2, 0) is 30.4 Å². The number of ether oxygens (including phenoxy) is 3. The average molecular weight is 352 g/mol. The third kappa shape index (κ3) is 34.1. The average Bonchev–Trinajstić information content (AvgIpc) is 2.56. The summed E-state index contributed by atoms with van der Waals surface area (Å²) in [7, 11) is 1.56. The van der Waals surface area contributed by atoms with Gasteiger partial charge >= 0.3 is 11.9 Å². The van der Waals surface area contributed by atoms with Gasteiger partial charge < -0.3 is 14.2 Å². The number of methoxy groups -OCH3 is 1. The summed E-state index contributed by atoms with van der Waals surface area (Å²) in [5.74, 6) is -0.504. The minimum Gasteiger partial charge on any atom is -0.463 e. The van der Waals surface area contributed by atoms with Gasteiger partial charge in [0.25, 0.3) is 0 Å². The Labute approximate surface area is 152 Å². The second-order valence-electron chi connectivity index (χ2n) is 4.42. The number of carbonyl (C=O) groups excluding carboxylic acids is 2. The lowest BCUT2D eigenvalue weighted by Crippen LogP contribution is -2.05. The number of hydrogen-bond donors (Lipinski definition) is 0. The van der Waals surface area contributed by atoms with Crippen molar-refractivity contribution in [2.75, 3.05) is 20.3 Å². The van der Waals surface area contributed by atoms with E-state index in [1.54, 1.807) is 19.3 Å². The molecule has 1 rings (SSSR count). The van der Waals surface area contributed by atoms with Crippen molar-refractivity contribution in [1.82, 2.24) is 0 Å². The van der Waals surface area contributed by atoms with Crippen LogP contribution >= 0.6 is 0 Å². The van der Waals surface area contributed by atoms with Crippen LogP contribution in [0.5, 0.6) is 0 Å². The van der Waals surface area contributed by atoms with Crippen molar-refractivity contribution < 1.29 is 23.8 Å². The van der Waals surface area contributed by atoms with Gasteiger partial charge in [0.2, 0.25) is 0 Å². The van der Waals surface area contributed by atoms with E-state index < -0.39 is 0 Å². The minimum atomic E-state index is -0.262. The number of rotatable bonds is 5. The van der Waals surface area contributed by atoms with E-state index in [1.807, 2.05) is 44.2 Å². The van der Waals surface area contributed by atoms with Gasteiger partial charge in [-0.2, -0.15) is 0 Å². The highest BCUT2D eigenvalue weighted by Crippen LogP contribution is 1.99. The molecule has 0 aromatic heterocycles. The molecule has 0 aliphatic carbocycles. The molecule has 1 aromatic rings. The minimum absolute atomic E-state index is 0.242. The first-order chi connectivity index (χ1) is 11.9. The van der Waals surface area contributed by atoms with Gasteiger partial charge in [-0.25, -0.2) is 0 Å². The van der Waals surface area contributed by atoms with Crippen LogP contribution in [0.25, 0.3) is 0 Å². The summed E-state index contributed by atoms with van der Waals surface area (Å²) in [6.45, 7) is 14.5. The summed E-state index contributed by atoms with van der Waals surface area (Å²) >= 11 is 0. The van der Waals surface area contributed by atoms with Gasteiger partial charge in [0, 0.05) is 21.0 Å². The first-order valence-corrected chi connectivity index (χ1v) is 7.83. The molecule has 0 aliphatic rings. The maximum absolute atomic E-state index is 10.4. The Bertz CT molecular complexity index is 435. The predicted molar refractivity (Wildman–Crippen MR) is 102 cm³/mol. The predicted octanol–water partition coefficient (Wildman–Crippen LogP) is 4.33. The monoisotopic (exact) mass is 352 g/mol. The van der Waals surface area contributed by atoms with Crippen molar-refractivity contribution in [2.45, 2.75) is 34.3 Å². The van der Waals surface area contributed by atoms with E-state index in [4.69, 9.17) is 4.74 Å². The van der Waals surface area contributed by atoms with Crippen molar-refractivity contribution in [1.29, 1.82) is 0 Å². The summed E-state index contributed by atoms with van der Waals surface area (Å²) in [4.78, 5) is 20.4. The molecule has 5 heteroatoms. The molecule has 0 bridgehead atoms. The van der Waals surface area contributed by atoms with Gasteiger partial charge in [-0.1, -0.05) is 42.5 Å². The summed E-state index contributed by atoms with van der Waals surface area (Å²) < 4.78 is 13.9. The Balaban J connectivity index is -0.000000303. The summed E-state index contributed by atoms with van der Waals surface area (Å²) in [6.07, 6.45) is 3.50. The Morgan fingerprint density at radius 3 is 1.72 bits per heavy atom. The fourth-order valence-electron chi connectivity index (χ4n) is 1.03. The molecule has 0 heterocycles. The highest BCUT2D eigenvalue weighted by molar-refractivity contribution is 5.66. The molecule has 0 amide bonds. The van der Waals surface area contributed by atoms with E-state index in [1.165, 1.54) is 13.8 Å². The fraction of sp³-hybridized carbons (Fsp3) is 0.400. The van der Waals surface area contributed by atoms with E-state index in [0.29, 0.717) is 19.8 Å². The first-order valence-electron chi connectivity index (χ1n) is 7.83. The van der Waals surface area contributed by atoms with Crippen LogP contribution in [0.15, 0.2) is 55.6 Å². The van der Waals surface area contributed by atoms with E-state index in [2.05, 4.69) is 22.6 Å². The number of hydrogen-bond acceptors (Lipinski definition) is 5. The lowest BCUT2D eigenvalue weighted by Gasteiger charge is -1.99. The second kappa shape index (κ2) is 23.9. The molecule has 0 aliphatic heterocycles. The Morgan fingerprint density at radius 2 is 1.36 bits per heavy atom. The molecule has 142 valence electrons. The molecule has 0 N–H and O–H groups in total. The molecule has 0 saturated carbocycles. The normalized spacial score (nSPS) is 7.88. The maximum Gasteiger partial charge on any atom is 0.302 e. The van der Waals surface area contributed by atoms with Gasteiger partial charge in [0.05, 0.1) is 6.61 Å². The lowest BCUT2D eigenvalue weighted by molar-refractivity contribution is -0.143. The number of benzene rings is 1. The second-order valence-corrected chi connectivity index (χ2v) is 4.42. The summed E-state index contributed by atoms with van der Waals surface area (Å²) in [6, 6.07) is 9.60. The van der Waals surface area contributed by atoms with Crippen LogP contribution in [0.3, 0.4) is 0 Å². The number of carbonyl (C=O) groups is 2. The highest BCUT2D eigenvalue weighted by Gasteiger charge is 1.93. The summed E-state index contributed by atoms with van der Waals surface area (Å²) in [5.41, 5.74) is 1.02. The van der Waals surface area contributed by atoms with Crippen LogP contribution < -0.4 is 0 Å². The first kappa shape index (κ1) is 27.4. The van der Waals surface area contributed by atoms with Gasteiger partial charge in [-0.15, -0.1) is 13.2 Å². The van der Waals surface area contributed by atoms with Crippen LogP contribution in [0, 0.1) is 0 Å². The maximum atomic E-state index is 10.4. The largest absolute Gasteiger partial charge is 0.463 e. The van der Waals surface area contributed by atoms with Crippen molar-refractivity contribution in [3.63, 3.8) is 0 Å². The highest BCUT2D eigenvalue weighted by atomic mass is 16.6. The van der Waals surface area contributed by atoms with Crippen molar-refractivity contribution in [3.8, 4) is 0 Å². The molecule has 0 fully saturated rings. The molecule has 0 saturated heterocycles. The van der Waals surface area contributed by atoms with Crippen LogP contribution in [-0.4, -0.2) is 32.3 Å². The molecule has 1 aromatic carbocycles. The van der Waals surface area contributed by atoms with Crippen LogP contribution in [0.1, 0.15) is 33.3 Å². The SMILES string of the molecule is C=CC.C=CC.CC(=O)OCc1ccccc1.COCCOC(C)=O. The Morgan fingerprint density at radius 1 is 0.920 bits per heavy atom. The van der Waals surface area contributed by atoms with Crippen molar-refractivity contribution >= 4 is 11.9 Å². The number of allylic oxidation sites excluding steroid dienone is 2. The zero-order valence-electron chi connectivity index (χ0n) is 16.1. The van der Waals surface area contributed by atoms with Gasteiger partial charge in [0.1, 0.15) is 13.2 Å². The zero-order chi connectivity index (χ0) is 19.9. The molecular weight excluding hydrogens is 320 g/mol. The van der Waals surface area contributed by atoms with E-state index >= 15 is 0 Å². The smallest absolute Gasteiger partial charge is 0.302 e. The van der Waals surface area contributed by atoms with Crippen molar-refractivity contribution in [2.24, 2.45) is 0 Å². The number of esters is 2. The van der Waals surface area contributed by atoms with Gasteiger partial charge in [-0.05, 0) is 19.4 Å². The fourth-order valence-corrected chi connectivity index (χ4v) is 1.03. The van der Waals surface area contributed by atoms with E-state index in [-0.39, 0.29) is 11.9 Å². The van der Waals surface area contributed by atoms with Gasteiger partial charge in [0.15, 0.2) is 0 Å². The topological polar surface area (TPSA) is 61.8 Å². The molecular formula is C20H32O5. The molecule has 0 atom stereocenters. The molecule has 0 radical (unpaired) electrons. The van der Waals surface area contributed by atoms with E-state index in [0.717, 1.165) is 5.56 Å². The lowest BCUT2D eigenvalue weighted by atomic mass is 10.2. The molecule has 25 heavy (non-hydrogen) atoms. The Kier molecular flexibility index (Phi) is 26.2. The summed E-state index contributed by atoms with van der Waals surface area (Å²) in [5, 5.41) is 0. The third-order valence-corrected chi connectivity index (χ3v) is 1.88. The van der Waals surface area contributed by atoms with Crippen LogP contribution in [0.2, 0.25) is 0 Å².